The molecule has 1 aromatic heterocycles. The normalized spacial score (nSPS) is 19.6. The van der Waals surface area contributed by atoms with Gasteiger partial charge in [0.15, 0.2) is 0 Å². The molecule has 0 radical (unpaired) electrons. The first-order valence-corrected chi connectivity index (χ1v) is 7.99. The second-order valence-corrected chi connectivity index (χ2v) is 6.28. The van der Waals surface area contributed by atoms with Gasteiger partial charge < -0.3 is 4.90 Å². The third-order valence-electron chi connectivity index (χ3n) is 3.72. The summed E-state index contributed by atoms with van der Waals surface area (Å²) in [4.78, 5) is 4.32. The molecule has 0 N–H and O–H groups in total. The molecule has 2 heteroatoms. The number of hydrogen-bond acceptors (Lipinski definition) is 2. The van der Waals surface area contributed by atoms with Gasteiger partial charge in [-0.1, -0.05) is 13.8 Å². The van der Waals surface area contributed by atoms with E-state index in [1.807, 2.05) is 11.3 Å². The SMILES string of the molecule is CCCN(CCC)C[C@H]1CCc2sccc2C1. The second-order valence-electron chi connectivity index (χ2n) is 5.28. The van der Waals surface area contributed by atoms with E-state index in [4.69, 9.17) is 0 Å². The summed E-state index contributed by atoms with van der Waals surface area (Å²) in [7, 11) is 0. The van der Waals surface area contributed by atoms with Crippen LogP contribution in [0.1, 0.15) is 43.6 Å². The van der Waals surface area contributed by atoms with E-state index in [0.717, 1.165) is 5.92 Å². The van der Waals surface area contributed by atoms with Gasteiger partial charge in [0.1, 0.15) is 0 Å². The van der Waals surface area contributed by atoms with Gasteiger partial charge >= 0.3 is 0 Å². The molecule has 0 aromatic carbocycles. The van der Waals surface area contributed by atoms with Crippen molar-refractivity contribution in [3.8, 4) is 0 Å². The van der Waals surface area contributed by atoms with Crippen LogP contribution >= 0.6 is 11.3 Å². The molecule has 0 fully saturated rings. The van der Waals surface area contributed by atoms with Crippen LogP contribution in [0.5, 0.6) is 0 Å². The average Bonchev–Trinajstić information content (AvgIpc) is 2.77. The van der Waals surface area contributed by atoms with Crippen molar-refractivity contribution in [2.45, 2.75) is 46.0 Å². The number of fused-ring (bicyclic) bond motifs is 1. The Hall–Kier alpha value is -0.340. The highest BCUT2D eigenvalue weighted by Crippen LogP contribution is 2.29. The van der Waals surface area contributed by atoms with Gasteiger partial charge in [0.25, 0.3) is 0 Å². The molecule has 96 valence electrons. The minimum atomic E-state index is 0.898. The molecule has 0 amide bonds. The Kier molecular flexibility index (Phi) is 5.05. The fraction of sp³-hybridized carbons (Fsp3) is 0.733. The Balaban J connectivity index is 1.87. The summed E-state index contributed by atoms with van der Waals surface area (Å²) in [6, 6.07) is 2.34. The highest BCUT2D eigenvalue weighted by molar-refractivity contribution is 7.10. The van der Waals surface area contributed by atoms with Gasteiger partial charge in [-0.15, -0.1) is 11.3 Å². The van der Waals surface area contributed by atoms with Gasteiger partial charge in [-0.25, -0.2) is 0 Å². The number of rotatable bonds is 6. The lowest BCUT2D eigenvalue weighted by molar-refractivity contribution is 0.220. The first-order chi connectivity index (χ1) is 8.33. The van der Waals surface area contributed by atoms with Crippen molar-refractivity contribution in [2.24, 2.45) is 5.92 Å². The van der Waals surface area contributed by atoms with Crippen molar-refractivity contribution in [2.75, 3.05) is 19.6 Å². The quantitative estimate of drug-likeness (QED) is 0.739. The molecular weight excluding hydrogens is 226 g/mol. The molecular formula is C15H25NS. The van der Waals surface area contributed by atoms with E-state index in [2.05, 4.69) is 30.2 Å². The van der Waals surface area contributed by atoms with Crippen LogP contribution in [0.3, 0.4) is 0 Å². The van der Waals surface area contributed by atoms with Crippen LogP contribution in [0.15, 0.2) is 11.4 Å². The van der Waals surface area contributed by atoms with E-state index < -0.39 is 0 Å². The molecule has 17 heavy (non-hydrogen) atoms. The molecule has 1 aliphatic rings. The maximum atomic E-state index is 2.67. The summed E-state index contributed by atoms with van der Waals surface area (Å²) < 4.78 is 0. The van der Waals surface area contributed by atoms with Crippen molar-refractivity contribution < 1.29 is 0 Å². The van der Waals surface area contributed by atoms with Crippen LogP contribution in [0, 0.1) is 5.92 Å². The molecule has 1 aromatic rings. The molecule has 0 aliphatic heterocycles. The zero-order chi connectivity index (χ0) is 12.1. The fourth-order valence-corrected chi connectivity index (χ4v) is 3.90. The molecule has 1 heterocycles. The number of thiophene rings is 1. The zero-order valence-electron chi connectivity index (χ0n) is 11.2. The fourth-order valence-electron chi connectivity index (χ4n) is 2.96. The number of hydrogen-bond donors (Lipinski definition) is 0. The van der Waals surface area contributed by atoms with Crippen molar-refractivity contribution in [1.82, 2.24) is 4.90 Å². The summed E-state index contributed by atoms with van der Waals surface area (Å²) in [5.74, 6) is 0.898. The first kappa shape index (κ1) is 13.1. The van der Waals surface area contributed by atoms with Gasteiger partial charge in [-0.2, -0.15) is 0 Å². The Morgan fingerprint density at radius 2 is 2.06 bits per heavy atom. The van der Waals surface area contributed by atoms with Gasteiger partial charge in [0.05, 0.1) is 0 Å². The van der Waals surface area contributed by atoms with E-state index in [-0.39, 0.29) is 0 Å². The minimum Gasteiger partial charge on any atom is -0.303 e. The van der Waals surface area contributed by atoms with E-state index in [0.29, 0.717) is 0 Å². The molecule has 1 nitrogen and oxygen atoms in total. The average molecular weight is 251 g/mol. The monoisotopic (exact) mass is 251 g/mol. The zero-order valence-corrected chi connectivity index (χ0v) is 12.1. The predicted molar refractivity (Wildman–Crippen MR) is 76.9 cm³/mol. The lowest BCUT2D eigenvalue weighted by Gasteiger charge is -2.29. The molecule has 0 saturated heterocycles. The third-order valence-corrected chi connectivity index (χ3v) is 4.74. The Bertz CT molecular complexity index is 325. The number of nitrogens with zero attached hydrogens (tertiary/aromatic N) is 1. The van der Waals surface area contributed by atoms with E-state index in [9.17, 15) is 0 Å². The minimum absolute atomic E-state index is 0.898. The van der Waals surface area contributed by atoms with Crippen molar-refractivity contribution in [1.29, 1.82) is 0 Å². The highest BCUT2D eigenvalue weighted by Gasteiger charge is 2.21. The maximum Gasteiger partial charge on any atom is 0.00774 e. The largest absolute Gasteiger partial charge is 0.303 e. The standard InChI is InChI=1S/C15H25NS/c1-3-8-16(9-4-2)12-13-5-6-15-14(11-13)7-10-17-15/h7,10,13H,3-6,8-9,11-12H2,1-2H3/t13-/m0/s1. The Morgan fingerprint density at radius 3 is 2.76 bits per heavy atom. The van der Waals surface area contributed by atoms with Crippen molar-refractivity contribution >= 4 is 11.3 Å². The van der Waals surface area contributed by atoms with E-state index in [1.165, 1.54) is 51.7 Å². The van der Waals surface area contributed by atoms with Gasteiger partial charge in [0, 0.05) is 11.4 Å². The van der Waals surface area contributed by atoms with Crippen LogP contribution in [0.2, 0.25) is 0 Å². The molecule has 1 aliphatic carbocycles. The van der Waals surface area contributed by atoms with Gasteiger partial charge in [-0.3, -0.25) is 0 Å². The number of aryl methyl sites for hydroxylation is 1. The van der Waals surface area contributed by atoms with Crippen LogP contribution in [-0.4, -0.2) is 24.5 Å². The summed E-state index contributed by atoms with van der Waals surface area (Å²) in [5.41, 5.74) is 1.64. The van der Waals surface area contributed by atoms with Gasteiger partial charge in [0.2, 0.25) is 0 Å². The van der Waals surface area contributed by atoms with E-state index in [1.54, 1.807) is 10.4 Å². The molecule has 0 spiro atoms. The molecule has 0 bridgehead atoms. The lowest BCUT2D eigenvalue weighted by atomic mass is 9.88. The molecule has 2 rings (SSSR count). The second kappa shape index (κ2) is 6.55. The van der Waals surface area contributed by atoms with Crippen LogP contribution < -0.4 is 0 Å². The summed E-state index contributed by atoms with van der Waals surface area (Å²) in [6.45, 7) is 8.46. The molecule has 1 atom stereocenters. The predicted octanol–water partition coefficient (Wildman–Crippen LogP) is 3.98. The van der Waals surface area contributed by atoms with Crippen molar-refractivity contribution in [3.63, 3.8) is 0 Å². The molecule has 0 saturated carbocycles. The lowest BCUT2D eigenvalue weighted by Crippen LogP contribution is -2.33. The Labute approximate surface area is 110 Å². The highest BCUT2D eigenvalue weighted by atomic mass is 32.1. The van der Waals surface area contributed by atoms with Crippen LogP contribution in [0.4, 0.5) is 0 Å². The van der Waals surface area contributed by atoms with Crippen LogP contribution in [-0.2, 0) is 12.8 Å². The summed E-state index contributed by atoms with van der Waals surface area (Å²) in [5, 5.41) is 2.27. The topological polar surface area (TPSA) is 3.24 Å². The Morgan fingerprint density at radius 1 is 1.29 bits per heavy atom. The summed E-state index contributed by atoms with van der Waals surface area (Å²) >= 11 is 1.95. The third kappa shape index (κ3) is 3.56. The van der Waals surface area contributed by atoms with E-state index >= 15 is 0 Å². The summed E-state index contributed by atoms with van der Waals surface area (Å²) in [6.07, 6.45) is 6.62. The van der Waals surface area contributed by atoms with Crippen molar-refractivity contribution in [3.05, 3.63) is 21.9 Å². The maximum absolute atomic E-state index is 2.67. The smallest absolute Gasteiger partial charge is 0.00774 e. The molecule has 0 unspecified atom stereocenters. The first-order valence-electron chi connectivity index (χ1n) is 7.11. The van der Waals surface area contributed by atoms with Gasteiger partial charge in [-0.05, 0) is 68.1 Å². The van der Waals surface area contributed by atoms with Crippen LogP contribution in [0.25, 0.3) is 0 Å².